The number of amides is 1. The van der Waals surface area contributed by atoms with Crippen molar-refractivity contribution in [2.45, 2.75) is 19.4 Å². The Hall–Kier alpha value is -2.09. The van der Waals surface area contributed by atoms with Gasteiger partial charge in [-0.25, -0.2) is 0 Å². The summed E-state index contributed by atoms with van der Waals surface area (Å²) in [4.78, 5) is 12.1. The van der Waals surface area contributed by atoms with E-state index in [1.807, 2.05) is 60.7 Å². The van der Waals surface area contributed by atoms with Crippen LogP contribution in [0.4, 0.5) is 0 Å². The molecule has 0 bridgehead atoms. The Kier molecular flexibility index (Phi) is 4.13. The first-order chi connectivity index (χ1) is 8.81. The van der Waals surface area contributed by atoms with Crippen molar-refractivity contribution in [3.8, 4) is 0 Å². The van der Waals surface area contributed by atoms with Crippen LogP contribution >= 0.6 is 0 Å². The van der Waals surface area contributed by atoms with E-state index in [0.717, 1.165) is 12.0 Å². The zero-order valence-corrected chi connectivity index (χ0v) is 10.5. The predicted molar refractivity (Wildman–Crippen MR) is 73.4 cm³/mol. The molecule has 2 aromatic carbocycles. The molecular formula is C16H17NO. The molecule has 2 heteroatoms. The van der Waals surface area contributed by atoms with E-state index in [1.54, 1.807) is 0 Å². The molecule has 2 rings (SSSR count). The third-order valence-electron chi connectivity index (χ3n) is 2.95. The Morgan fingerprint density at radius 3 is 2.11 bits per heavy atom. The van der Waals surface area contributed by atoms with E-state index in [4.69, 9.17) is 0 Å². The zero-order valence-electron chi connectivity index (χ0n) is 10.5. The highest BCUT2D eigenvalue weighted by Crippen LogP contribution is 2.16. The number of hydrogen-bond acceptors (Lipinski definition) is 1. The first-order valence-corrected chi connectivity index (χ1v) is 6.22. The van der Waals surface area contributed by atoms with Crippen molar-refractivity contribution in [2.24, 2.45) is 0 Å². The summed E-state index contributed by atoms with van der Waals surface area (Å²) in [5, 5.41) is 3.06. The summed E-state index contributed by atoms with van der Waals surface area (Å²) in [5.74, 6) is -0.0219. The molecule has 0 spiro atoms. The molecule has 2 aromatic rings. The highest BCUT2D eigenvalue weighted by molar-refractivity contribution is 5.94. The quantitative estimate of drug-likeness (QED) is 0.868. The van der Waals surface area contributed by atoms with Gasteiger partial charge in [-0.1, -0.05) is 55.5 Å². The normalized spacial score (nSPS) is 11.8. The minimum Gasteiger partial charge on any atom is -0.345 e. The second-order valence-corrected chi connectivity index (χ2v) is 4.21. The third kappa shape index (κ3) is 2.98. The van der Waals surface area contributed by atoms with Crippen molar-refractivity contribution < 1.29 is 4.79 Å². The van der Waals surface area contributed by atoms with E-state index in [-0.39, 0.29) is 11.9 Å². The van der Waals surface area contributed by atoms with Crippen molar-refractivity contribution in [3.63, 3.8) is 0 Å². The van der Waals surface area contributed by atoms with Crippen molar-refractivity contribution in [2.75, 3.05) is 0 Å². The molecule has 0 aromatic heterocycles. The van der Waals surface area contributed by atoms with Crippen LogP contribution in [-0.4, -0.2) is 5.91 Å². The van der Waals surface area contributed by atoms with Crippen LogP contribution in [0.2, 0.25) is 0 Å². The minimum atomic E-state index is -0.0219. The SMILES string of the molecule is CC[C@H](NC(=O)c1ccccc1)c1ccccc1. The summed E-state index contributed by atoms with van der Waals surface area (Å²) in [6.45, 7) is 2.07. The van der Waals surface area contributed by atoms with Crippen LogP contribution < -0.4 is 5.32 Å². The molecule has 0 unspecified atom stereocenters. The summed E-state index contributed by atoms with van der Waals surface area (Å²) in [7, 11) is 0. The number of carbonyl (C=O) groups excluding carboxylic acids is 1. The van der Waals surface area contributed by atoms with E-state index < -0.39 is 0 Å². The molecular weight excluding hydrogens is 222 g/mol. The molecule has 0 radical (unpaired) electrons. The molecule has 0 fully saturated rings. The Morgan fingerprint density at radius 1 is 1.00 bits per heavy atom. The number of carbonyl (C=O) groups is 1. The lowest BCUT2D eigenvalue weighted by Crippen LogP contribution is -2.28. The van der Waals surface area contributed by atoms with Gasteiger partial charge in [0, 0.05) is 5.56 Å². The van der Waals surface area contributed by atoms with Crippen LogP contribution in [0.1, 0.15) is 35.3 Å². The number of rotatable bonds is 4. The van der Waals surface area contributed by atoms with Gasteiger partial charge < -0.3 is 5.32 Å². The van der Waals surface area contributed by atoms with Gasteiger partial charge in [0.05, 0.1) is 6.04 Å². The minimum absolute atomic E-state index is 0.0219. The molecule has 1 atom stereocenters. The average molecular weight is 239 g/mol. The first kappa shape index (κ1) is 12.4. The smallest absolute Gasteiger partial charge is 0.251 e. The Bertz CT molecular complexity index is 493. The van der Waals surface area contributed by atoms with Gasteiger partial charge in [0.2, 0.25) is 0 Å². The summed E-state index contributed by atoms with van der Waals surface area (Å²) >= 11 is 0. The summed E-state index contributed by atoms with van der Waals surface area (Å²) < 4.78 is 0. The van der Waals surface area contributed by atoms with Gasteiger partial charge in [0.1, 0.15) is 0 Å². The highest BCUT2D eigenvalue weighted by Gasteiger charge is 2.13. The molecule has 2 nitrogen and oxygen atoms in total. The largest absolute Gasteiger partial charge is 0.345 e. The molecule has 1 N–H and O–H groups in total. The first-order valence-electron chi connectivity index (χ1n) is 6.22. The molecule has 0 aliphatic rings. The van der Waals surface area contributed by atoms with E-state index in [2.05, 4.69) is 12.2 Å². The maximum absolute atomic E-state index is 12.1. The lowest BCUT2D eigenvalue weighted by atomic mass is 10.0. The lowest BCUT2D eigenvalue weighted by molar-refractivity contribution is 0.0935. The van der Waals surface area contributed by atoms with E-state index in [0.29, 0.717) is 5.56 Å². The van der Waals surface area contributed by atoms with Gasteiger partial charge in [-0.2, -0.15) is 0 Å². The standard InChI is InChI=1S/C16H17NO/c1-2-15(13-9-5-3-6-10-13)17-16(18)14-11-7-4-8-12-14/h3-12,15H,2H2,1H3,(H,17,18)/t15-/m0/s1. The zero-order chi connectivity index (χ0) is 12.8. The molecule has 0 saturated heterocycles. The van der Waals surface area contributed by atoms with Gasteiger partial charge in [-0.05, 0) is 24.1 Å². The Balaban J connectivity index is 2.10. The average Bonchev–Trinajstić information content (AvgIpc) is 2.46. The number of hydrogen-bond donors (Lipinski definition) is 1. The van der Waals surface area contributed by atoms with E-state index >= 15 is 0 Å². The summed E-state index contributed by atoms with van der Waals surface area (Å²) in [5.41, 5.74) is 1.84. The summed E-state index contributed by atoms with van der Waals surface area (Å²) in [6, 6.07) is 19.4. The fraction of sp³-hybridized carbons (Fsp3) is 0.188. The van der Waals surface area contributed by atoms with Gasteiger partial charge in [-0.3, -0.25) is 4.79 Å². The van der Waals surface area contributed by atoms with Crippen molar-refractivity contribution in [1.82, 2.24) is 5.32 Å². The molecule has 1 amide bonds. The number of benzene rings is 2. The fourth-order valence-corrected chi connectivity index (χ4v) is 1.94. The Labute approximate surface area is 108 Å². The molecule has 18 heavy (non-hydrogen) atoms. The monoisotopic (exact) mass is 239 g/mol. The van der Waals surface area contributed by atoms with Gasteiger partial charge in [-0.15, -0.1) is 0 Å². The van der Waals surface area contributed by atoms with Crippen molar-refractivity contribution in [3.05, 3.63) is 71.8 Å². The van der Waals surface area contributed by atoms with Crippen LogP contribution in [-0.2, 0) is 0 Å². The highest BCUT2D eigenvalue weighted by atomic mass is 16.1. The fourth-order valence-electron chi connectivity index (χ4n) is 1.94. The molecule has 92 valence electrons. The molecule has 0 heterocycles. The van der Waals surface area contributed by atoms with Crippen LogP contribution in [0.3, 0.4) is 0 Å². The topological polar surface area (TPSA) is 29.1 Å². The van der Waals surface area contributed by atoms with Gasteiger partial charge in [0.25, 0.3) is 5.91 Å². The van der Waals surface area contributed by atoms with Crippen molar-refractivity contribution in [1.29, 1.82) is 0 Å². The van der Waals surface area contributed by atoms with Crippen molar-refractivity contribution >= 4 is 5.91 Å². The summed E-state index contributed by atoms with van der Waals surface area (Å²) in [6.07, 6.45) is 0.878. The third-order valence-corrected chi connectivity index (χ3v) is 2.95. The predicted octanol–water partition coefficient (Wildman–Crippen LogP) is 3.57. The number of nitrogens with one attached hydrogen (secondary N) is 1. The maximum atomic E-state index is 12.1. The maximum Gasteiger partial charge on any atom is 0.251 e. The van der Waals surface area contributed by atoms with Gasteiger partial charge >= 0.3 is 0 Å². The van der Waals surface area contributed by atoms with Crippen LogP contribution in [0.25, 0.3) is 0 Å². The van der Waals surface area contributed by atoms with Crippen LogP contribution in [0.5, 0.6) is 0 Å². The van der Waals surface area contributed by atoms with E-state index in [9.17, 15) is 4.79 Å². The molecule has 0 aliphatic carbocycles. The second-order valence-electron chi connectivity index (χ2n) is 4.21. The Morgan fingerprint density at radius 2 is 1.56 bits per heavy atom. The van der Waals surface area contributed by atoms with E-state index in [1.165, 1.54) is 0 Å². The second kappa shape index (κ2) is 6.01. The molecule has 0 aliphatic heterocycles. The van der Waals surface area contributed by atoms with Crippen LogP contribution in [0, 0.1) is 0 Å². The lowest BCUT2D eigenvalue weighted by Gasteiger charge is -2.17. The molecule has 0 saturated carbocycles. The van der Waals surface area contributed by atoms with Crippen LogP contribution in [0.15, 0.2) is 60.7 Å². The van der Waals surface area contributed by atoms with Gasteiger partial charge in [0.15, 0.2) is 0 Å².